The van der Waals surface area contributed by atoms with E-state index in [4.69, 9.17) is 9.47 Å². The summed E-state index contributed by atoms with van der Waals surface area (Å²) in [5, 5.41) is 3.14. The van der Waals surface area contributed by atoms with Crippen LogP contribution in [0.3, 0.4) is 0 Å². The Kier molecular flexibility index (Phi) is 4.90. The van der Waals surface area contributed by atoms with E-state index in [-0.39, 0.29) is 18.0 Å². The van der Waals surface area contributed by atoms with E-state index in [2.05, 4.69) is 5.32 Å². The highest BCUT2D eigenvalue weighted by Crippen LogP contribution is 2.10. The van der Waals surface area contributed by atoms with Gasteiger partial charge in [-0.05, 0) is 26.8 Å². The summed E-state index contributed by atoms with van der Waals surface area (Å²) in [7, 11) is 0. The molecule has 1 heterocycles. The molecule has 1 N–H and O–H groups in total. The fourth-order valence-corrected chi connectivity index (χ4v) is 1.47. The highest BCUT2D eigenvalue weighted by Gasteiger charge is 2.25. The van der Waals surface area contributed by atoms with Gasteiger partial charge >= 0.3 is 5.97 Å². The van der Waals surface area contributed by atoms with E-state index in [0.717, 1.165) is 19.5 Å². The van der Waals surface area contributed by atoms with Gasteiger partial charge in [-0.15, -0.1) is 0 Å². The van der Waals surface area contributed by atoms with Gasteiger partial charge in [-0.25, -0.2) is 0 Å². The first-order valence-corrected chi connectivity index (χ1v) is 5.23. The van der Waals surface area contributed by atoms with Crippen molar-refractivity contribution in [3.8, 4) is 0 Å². The van der Waals surface area contributed by atoms with Gasteiger partial charge in [0.05, 0.1) is 12.5 Å². The summed E-state index contributed by atoms with van der Waals surface area (Å²) in [5.74, 6) is -0.0544. The summed E-state index contributed by atoms with van der Waals surface area (Å²) in [6.07, 6.45) is 0.753. The molecule has 0 aromatic heterocycles. The number of nitrogens with one attached hydrogen (secondary N) is 1. The second kappa shape index (κ2) is 5.98. The van der Waals surface area contributed by atoms with Crippen molar-refractivity contribution in [3.05, 3.63) is 0 Å². The smallest absolute Gasteiger partial charge is 0.310 e. The topological polar surface area (TPSA) is 47.6 Å². The zero-order valence-corrected chi connectivity index (χ0v) is 8.91. The predicted octanol–water partition coefficient (Wildman–Crippen LogP) is 0.564. The molecule has 0 bridgehead atoms. The van der Waals surface area contributed by atoms with Crippen LogP contribution in [0.25, 0.3) is 0 Å². The number of rotatable bonds is 5. The number of hydrogen-bond donors (Lipinski definition) is 1. The van der Waals surface area contributed by atoms with Gasteiger partial charge < -0.3 is 14.8 Å². The third-order valence-corrected chi connectivity index (χ3v) is 2.27. The fourth-order valence-electron chi connectivity index (χ4n) is 1.47. The lowest BCUT2D eigenvalue weighted by Crippen LogP contribution is -2.26. The number of esters is 1. The Balaban J connectivity index is 2.18. The van der Waals surface area contributed by atoms with Crippen LogP contribution in [0.5, 0.6) is 0 Å². The maximum Gasteiger partial charge on any atom is 0.310 e. The Labute approximate surface area is 85.0 Å². The molecule has 0 saturated carbocycles. The Bertz CT molecular complexity index is 178. The van der Waals surface area contributed by atoms with Crippen LogP contribution < -0.4 is 5.32 Å². The molecule has 14 heavy (non-hydrogen) atoms. The van der Waals surface area contributed by atoms with Crippen molar-refractivity contribution in [2.24, 2.45) is 5.92 Å². The molecule has 4 heteroatoms. The van der Waals surface area contributed by atoms with E-state index in [0.29, 0.717) is 13.2 Å². The summed E-state index contributed by atoms with van der Waals surface area (Å²) < 4.78 is 10.4. The molecule has 1 saturated heterocycles. The van der Waals surface area contributed by atoms with Crippen LogP contribution in [0, 0.1) is 5.92 Å². The van der Waals surface area contributed by atoms with Crippen LogP contribution in [-0.4, -0.2) is 38.4 Å². The molecule has 4 nitrogen and oxygen atoms in total. The largest absolute Gasteiger partial charge is 0.460 e. The van der Waals surface area contributed by atoms with Crippen LogP contribution in [0.4, 0.5) is 0 Å². The zero-order chi connectivity index (χ0) is 10.4. The molecule has 2 atom stereocenters. The first-order valence-electron chi connectivity index (χ1n) is 5.23. The van der Waals surface area contributed by atoms with Crippen LogP contribution in [0.15, 0.2) is 0 Å². The van der Waals surface area contributed by atoms with Crippen molar-refractivity contribution in [2.75, 3.05) is 26.3 Å². The van der Waals surface area contributed by atoms with Gasteiger partial charge in [-0.2, -0.15) is 0 Å². The number of ether oxygens (including phenoxy) is 2. The van der Waals surface area contributed by atoms with Crippen molar-refractivity contribution in [1.29, 1.82) is 0 Å². The Morgan fingerprint density at radius 2 is 2.43 bits per heavy atom. The van der Waals surface area contributed by atoms with Crippen LogP contribution in [0.1, 0.15) is 20.3 Å². The molecule has 1 aliphatic heterocycles. The molecule has 0 spiro atoms. The molecule has 0 aliphatic carbocycles. The van der Waals surface area contributed by atoms with Gasteiger partial charge in [0.25, 0.3) is 0 Å². The van der Waals surface area contributed by atoms with Crippen LogP contribution in [-0.2, 0) is 14.3 Å². The lowest BCUT2D eigenvalue weighted by molar-refractivity contribution is -0.155. The van der Waals surface area contributed by atoms with Crippen LogP contribution >= 0.6 is 0 Å². The summed E-state index contributed by atoms with van der Waals surface area (Å²) in [6, 6.07) is 0. The molecule has 0 aromatic rings. The first kappa shape index (κ1) is 11.5. The minimum atomic E-state index is -0.136. The van der Waals surface area contributed by atoms with E-state index in [1.165, 1.54) is 0 Å². The van der Waals surface area contributed by atoms with E-state index < -0.39 is 0 Å². The molecule has 1 rings (SSSR count). The van der Waals surface area contributed by atoms with Gasteiger partial charge in [0.1, 0.15) is 6.10 Å². The minimum absolute atomic E-state index is 0.0408. The highest BCUT2D eigenvalue weighted by molar-refractivity contribution is 5.73. The lowest BCUT2D eigenvalue weighted by atomic mass is 10.1. The molecule has 1 aliphatic rings. The van der Waals surface area contributed by atoms with E-state index in [9.17, 15) is 4.79 Å². The van der Waals surface area contributed by atoms with Crippen LogP contribution in [0.2, 0.25) is 0 Å². The molecule has 0 amide bonds. The lowest BCUT2D eigenvalue weighted by Gasteiger charge is -2.15. The SMILES string of the molecule is CCOCC(C)OC(=O)C1CCNC1. The van der Waals surface area contributed by atoms with E-state index >= 15 is 0 Å². The highest BCUT2D eigenvalue weighted by atomic mass is 16.6. The molecular weight excluding hydrogens is 182 g/mol. The number of hydrogen-bond acceptors (Lipinski definition) is 4. The summed E-state index contributed by atoms with van der Waals surface area (Å²) in [5.41, 5.74) is 0. The summed E-state index contributed by atoms with van der Waals surface area (Å²) in [6.45, 7) is 6.60. The Morgan fingerprint density at radius 3 is 3.00 bits per heavy atom. The molecule has 0 radical (unpaired) electrons. The van der Waals surface area contributed by atoms with Crippen molar-refractivity contribution in [2.45, 2.75) is 26.4 Å². The average Bonchev–Trinajstić information content (AvgIpc) is 2.67. The second-order valence-electron chi connectivity index (χ2n) is 3.60. The number of carbonyl (C=O) groups is 1. The summed E-state index contributed by atoms with van der Waals surface area (Å²) >= 11 is 0. The molecule has 2 unspecified atom stereocenters. The van der Waals surface area contributed by atoms with E-state index in [1.807, 2.05) is 13.8 Å². The molecular formula is C10H19NO3. The van der Waals surface area contributed by atoms with Crippen molar-refractivity contribution in [3.63, 3.8) is 0 Å². The quantitative estimate of drug-likeness (QED) is 0.660. The zero-order valence-electron chi connectivity index (χ0n) is 8.91. The molecule has 0 aromatic carbocycles. The first-order chi connectivity index (χ1) is 6.74. The van der Waals surface area contributed by atoms with Crippen molar-refractivity contribution >= 4 is 5.97 Å². The third kappa shape index (κ3) is 3.64. The molecule has 1 fully saturated rings. The second-order valence-corrected chi connectivity index (χ2v) is 3.60. The average molecular weight is 201 g/mol. The molecule has 82 valence electrons. The normalized spacial score (nSPS) is 23.4. The monoisotopic (exact) mass is 201 g/mol. The van der Waals surface area contributed by atoms with Gasteiger partial charge in [-0.3, -0.25) is 4.79 Å². The van der Waals surface area contributed by atoms with Gasteiger partial charge in [0, 0.05) is 13.2 Å². The maximum atomic E-state index is 11.5. The Hall–Kier alpha value is -0.610. The van der Waals surface area contributed by atoms with E-state index in [1.54, 1.807) is 0 Å². The van der Waals surface area contributed by atoms with Gasteiger partial charge in [0.2, 0.25) is 0 Å². The minimum Gasteiger partial charge on any atom is -0.460 e. The number of carbonyl (C=O) groups excluding carboxylic acids is 1. The van der Waals surface area contributed by atoms with Gasteiger partial charge in [-0.1, -0.05) is 0 Å². The maximum absolute atomic E-state index is 11.5. The fraction of sp³-hybridized carbons (Fsp3) is 0.900. The third-order valence-electron chi connectivity index (χ3n) is 2.27. The summed E-state index contributed by atoms with van der Waals surface area (Å²) in [4.78, 5) is 11.5. The Morgan fingerprint density at radius 1 is 1.64 bits per heavy atom. The standard InChI is InChI=1S/C10H19NO3/c1-3-13-7-8(2)14-10(12)9-4-5-11-6-9/h8-9,11H,3-7H2,1-2H3. The van der Waals surface area contributed by atoms with Crippen molar-refractivity contribution < 1.29 is 14.3 Å². The predicted molar refractivity (Wildman–Crippen MR) is 53.0 cm³/mol. The van der Waals surface area contributed by atoms with Crippen molar-refractivity contribution in [1.82, 2.24) is 5.32 Å². The van der Waals surface area contributed by atoms with Gasteiger partial charge in [0.15, 0.2) is 0 Å².